The van der Waals surface area contributed by atoms with Crippen molar-refractivity contribution in [1.82, 2.24) is 0 Å². The summed E-state index contributed by atoms with van der Waals surface area (Å²) in [5, 5.41) is 18.4. The van der Waals surface area contributed by atoms with E-state index in [9.17, 15) is 9.67 Å². The highest BCUT2D eigenvalue weighted by Crippen LogP contribution is 2.28. The molecule has 1 fully saturated rings. The first-order chi connectivity index (χ1) is 13.1. The number of hydrogen-bond donors (Lipinski definition) is 3. The van der Waals surface area contributed by atoms with Gasteiger partial charge in [-0.15, -0.1) is 9.05 Å². The summed E-state index contributed by atoms with van der Waals surface area (Å²) >= 11 is 0. The first kappa shape index (κ1) is 26.9. The third-order valence-corrected chi connectivity index (χ3v) is 5.57. The van der Waals surface area contributed by atoms with Gasteiger partial charge in [0.1, 0.15) is 13.2 Å². The van der Waals surface area contributed by atoms with Crippen molar-refractivity contribution in [3.63, 3.8) is 0 Å². The van der Waals surface area contributed by atoms with Crippen molar-refractivity contribution in [3.05, 3.63) is 0 Å². The predicted molar refractivity (Wildman–Crippen MR) is 111 cm³/mol. The Morgan fingerprint density at radius 1 is 0.852 bits per heavy atom. The molecule has 162 valence electrons. The van der Waals surface area contributed by atoms with Crippen LogP contribution in [0.2, 0.25) is 0 Å². The molecule has 0 spiro atoms. The lowest BCUT2D eigenvalue weighted by molar-refractivity contribution is 0.0990. The van der Waals surface area contributed by atoms with Crippen LogP contribution in [0.15, 0.2) is 0 Å². The third-order valence-electron chi connectivity index (χ3n) is 4.79. The zero-order valence-electron chi connectivity index (χ0n) is 17.3. The molecule has 0 bridgehead atoms. The summed E-state index contributed by atoms with van der Waals surface area (Å²) in [5.41, 5.74) is 5.56. The molecule has 1 saturated heterocycles. The zero-order chi connectivity index (χ0) is 20.2. The van der Waals surface area contributed by atoms with Gasteiger partial charge in [0, 0.05) is 4.57 Å². The molecule has 4 N–H and O–H groups in total. The Morgan fingerprint density at radius 3 is 1.59 bits per heavy atom. The number of aliphatic hydroxyl groups excluding tert-OH is 2. The van der Waals surface area contributed by atoms with Gasteiger partial charge in [0.2, 0.25) is 0 Å². The molecule has 1 rings (SSSR count). The highest BCUT2D eigenvalue weighted by atomic mass is 31.1. The SMILES string of the molecule is CCCCCCCCCCCCCCCC(O)C(N)CO.O=[P+]1OCCO1. The van der Waals surface area contributed by atoms with Gasteiger partial charge >= 0.3 is 8.25 Å². The minimum Gasteiger partial charge on any atom is -0.395 e. The summed E-state index contributed by atoms with van der Waals surface area (Å²) in [4.78, 5) is 0. The van der Waals surface area contributed by atoms with Gasteiger partial charge in [-0.3, -0.25) is 0 Å². The normalized spacial score (nSPS) is 16.1. The van der Waals surface area contributed by atoms with E-state index in [0.29, 0.717) is 13.2 Å². The average molecular weight is 409 g/mol. The number of aliphatic hydroxyl groups is 2. The van der Waals surface area contributed by atoms with E-state index < -0.39 is 20.4 Å². The monoisotopic (exact) mass is 408 g/mol. The van der Waals surface area contributed by atoms with E-state index in [0.717, 1.165) is 12.8 Å². The van der Waals surface area contributed by atoms with Crippen molar-refractivity contribution >= 4 is 8.25 Å². The highest BCUT2D eigenvalue weighted by Gasteiger charge is 2.26. The highest BCUT2D eigenvalue weighted by molar-refractivity contribution is 7.33. The Balaban J connectivity index is 0.000000941. The summed E-state index contributed by atoms with van der Waals surface area (Å²) in [6.45, 7) is 3.10. The second kappa shape index (κ2) is 20.6. The minimum atomic E-state index is -1.72. The summed E-state index contributed by atoms with van der Waals surface area (Å²) in [5.74, 6) is 0. The molecule has 7 heteroatoms. The topological polar surface area (TPSA) is 102 Å². The molecular weight excluding hydrogens is 365 g/mol. The van der Waals surface area contributed by atoms with Crippen molar-refractivity contribution in [2.45, 2.75) is 109 Å². The Bertz CT molecular complexity index is 325. The van der Waals surface area contributed by atoms with E-state index >= 15 is 0 Å². The summed E-state index contributed by atoms with van der Waals surface area (Å²) in [6.07, 6.45) is 17.5. The number of nitrogens with two attached hydrogens (primary N) is 1. The average Bonchev–Trinajstić information content (AvgIpc) is 3.16. The van der Waals surface area contributed by atoms with Gasteiger partial charge in [-0.05, 0) is 6.42 Å². The second-order valence-electron chi connectivity index (χ2n) is 7.34. The summed E-state index contributed by atoms with van der Waals surface area (Å²) in [6, 6.07) is -0.470. The van der Waals surface area contributed by atoms with Crippen LogP contribution in [0.5, 0.6) is 0 Å². The Hall–Kier alpha value is -0.100. The predicted octanol–water partition coefficient (Wildman–Crippen LogP) is 4.84. The Labute approximate surface area is 167 Å². The van der Waals surface area contributed by atoms with Crippen LogP contribution in [0.25, 0.3) is 0 Å². The van der Waals surface area contributed by atoms with Crippen LogP contribution < -0.4 is 5.73 Å². The van der Waals surface area contributed by atoms with E-state index in [1.54, 1.807) is 0 Å². The summed E-state index contributed by atoms with van der Waals surface area (Å²) in [7, 11) is -1.72. The molecule has 2 unspecified atom stereocenters. The standard InChI is InChI=1S/C18H39NO2.C2H4O3P/c1-2-3-4-5-6-7-8-9-10-11-12-13-14-15-18(21)17(19)16-20;3-6-4-1-2-5-6/h17-18,20-21H,2-16,19H2,1H3;1-2H2/q;+1. The molecule has 1 heterocycles. The quantitative estimate of drug-likeness (QED) is 0.249. The molecule has 6 nitrogen and oxygen atoms in total. The molecule has 0 radical (unpaired) electrons. The lowest BCUT2D eigenvalue weighted by Gasteiger charge is -2.15. The van der Waals surface area contributed by atoms with E-state index in [-0.39, 0.29) is 6.61 Å². The van der Waals surface area contributed by atoms with Gasteiger partial charge in [0.25, 0.3) is 0 Å². The van der Waals surface area contributed by atoms with Gasteiger partial charge in [-0.25, -0.2) is 0 Å². The third kappa shape index (κ3) is 19.0. The van der Waals surface area contributed by atoms with Crippen molar-refractivity contribution in [2.24, 2.45) is 5.73 Å². The van der Waals surface area contributed by atoms with Crippen LogP contribution in [0.3, 0.4) is 0 Å². The van der Waals surface area contributed by atoms with Crippen molar-refractivity contribution in [2.75, 3.05) is 19.8 Å². The molecule has 2 atom stereocenters. The minimum absolute atomic E-state index is 0.125. The van der Waals surface area contributed by atoms with Crippen molar-refractivity contribution in [3.8, 4) is 0 Å². The zero-order valence-corrected chi connectivity index (χ0v) is 18.2. The van der Waals surface area contributed by atoms with Gasteiger partial charge in [-0.1, -0.05) is 90.4 Å². The maximum atomic E-state index is 9.95. The van der Waals surface area contributed by atoms with Crippen molar-refractivity contribution < 1.29 is 23.8 Å². The van der Waals surface area contributed by atoms with E-state index in [1.165, 1.54) is 77.0 Å². The molecule has 1 aliphatic rings. The number of rotatable bonds is 16. The fourth-order valence-corrected chi connectivity index (χ4v) is 3.49. The Morgan fingerprint density at radius 2 is 1.26 bits per heavy atom. The first-order valence-electron chi connectivity index (χ1n) is 10.9. The molecule has 0 amide bonds. The van der Waals surface area contributed by atoms with Crippen LogP contribution >= 0.6 is 8.25 Å². The van der Waals surface area contributed by atoms with Gasteiger partial charge in [0.05, 0.1) is 18.8 Å². The van der Waals surface area contributed by atoms with Gasteiger partial charge < -0.3 is 15.9 Å². The van der Waals surface area contributed by atoms with E-state index in [4.69, 9.17) is 10.8 Å². The molecule has 0 aromatic carbocycles. The second-order valence-corrected chi connectivity index (χ2v) is 8.30. The van der Waals surface area contributed by atoms with Crippen LogP contribution in [0.1, 0.15) is 96.8 Å². The molecule has 1 aliphatic heterocycles. The lowest BCUT2D eigenvalue weighted by atomic mass is 10.0. The fraction of sp³-hybridized carbons (Fsp3) is 1.00. The first-order valence-corrected chi connectivity index (χ1v) is 12.0. The largest absolute Gasteiger partial charge is 0.697 e. The van der Waals surface area contributed by atoms with E-state index in [2.05, 4.69) is 16.0 Å². The maximum Gasteiger partial charge on any atom is 0.697 e. The maximum absolute atomic E-state index is 9.95. The van der Waals surface area contributed by atoms with Gasteiger partial charge in [0.15, 0.2) is 0 Å². The van der Waals surface area contributed by atoms with Crippen LogP contribution in [-0.4, -0.2) is 42.2 Å². The van der Waals surface area contributed by atoms with Crippen LogP contribution in [0.4, 0.5) is 0 Å². The van der Waals surface area contributed by atoms with E-state index in [1.807, 2.05) is 0 Å². The Kier molecular flexibility index (Phi) is 20.6. The molecule has 0 aromatic rings. The lowest BCUT2D eigenvalue weighted by Crippen LogP contribution is -2.37. The number of unbranched alkanes of at least 4 members (excludes halogenated alkanes) is 12. The fourth-order valence-electron chi connectivity index (χ4n) is 2.97. The smallest absolute Gasteiger partial charge is 0.395 e. The molecular formula is C20H43NO5P+. The van der Waals surface area contributed by atoms with Crippen LogP contribution in [0, 0.1) is 0 Å². The number of hydrogen-bond acceptors (Lipinski definition) is 6. The molecule has 0 saturated carbocycles. The summed E-state index contributed by atoms with van der Waals surface area (Å²) < 4.78 is 18.8. The molecule has 0 aliphatic carbocycles. The van der Waals surface area contributed by atoms with Crippen molar-refractivity contribution in [1.29, 1.82) is 0 Å². The van der Waals surface area contributed by atoms with Crippen LogP contribution in [-0.2, 0) is 13.6 Å². The molecule has 27 heavy (non-hydrogen) atoms. The van der Waals surface area contributed by atoms with Gasteiger partial charge in [-0.2, -0.15) is 0 Å². The molecule has 0 aromatic heterocycles.